The molecule has 0 atom stereocenters. The molecule has 0 rings (SSSR count). The van der Waals surface area contributed by atoms with Crippen LogP contribution in [0.15, 0.2) is 0 Å². The monoisotopic (exact) mass is 200 g/mol. The van der Waals surface area contributed by atoms with E-state index < -0.39 is 11.0 Å². The number of ether oxygens (including phenoxy) is 1. The average Bonchev–Trinajstić information content (AvgIpc) is 2.15. The highest BCUT2D eigenvalue weighted by Crippen LogP contribution is 2.27. The molecule has 0 aromatic carbocycles. The van der Waals surface area contributed by atoms with E-state index in [1.165, 1.54) is 7.11 Å². The molecule has 0 bridgehead atoms. The molecule has 0 heterocycles. The van der Waals surface area contributed by atoms with Crippen LogP contribution in [0.25, 0.3) is 0 Å². The van der Waals surface area contributed by atoms with Gasteiger partial charge in [0.15, 0.2) is 5.78 Å². The van der Waals surface area contributed by atoms with Crippen LogP contribution in [-0.2, 0) is 14.3 Å². The van der Waals surface area contributed by atoms with Gasteiger partial charge < -0.3 is 4.74 Å². The van der Waals surface area contributed by atoms with Crippen LogP contribution >= 0.6 is 0 Å². The highest BCUT2D eigenvalue weighted by atomic mass is 16.5. The fourth-order valence-electron chi connectivity index (χ4n) is 1.41. The Morgan fingerprint density at radius 1 is 1.14 bits per heavy atom. The van der Waals surface area contributed by atoms with E-state index in [0.29, 0.717) is 6.42 Å². The number of carbonyl (C=O) groups excluding carboxylic acids is 2. The van der Waals surface area contributed by atoms with E-state index in [0.717, 1.165) is 0 Å². The first-order chi connectivity index (χ1) is 6.20. The van der Waals surface area contributed by atoms with Gasteiger partial charge in [-0.05, 0) is 27.7 Å². The van der Waals surface area contributed by atoms with Crippen molar-refractivity contribution in [1.29, 1.82) is 0 Å². The molecule has 3 nitrogen and oxygen atoms in total. The zero-order chi connectivity index (χ0) is 11.6. The van der Waals surface area contributed by atoms with Gasteiger partial charge in [0.2, 0.25) is 0 Å². The van der Waals surface area contributed by atoms with Crippen molar-refractivity contribution in [3.63, 3.8) is 0 Å². The standard InChI is InChI=1S/C11H20O3/c1-7-8(12)10(2,3)9(13)11(4,5)14-6/h7H2,1-6H3. The van der Waals surface area contributed by atoms with Crippen molar-refractivity contribution in [2.24, 2.45) is 5.41 Å². The normalized spacial score (nSPS) is 12.7. The maximum absolute atomic E-state index is 12.0. The SMILES string of the molecule is CCC(=O)C(C)(C)C(=O)C(C)(C)OC. The van der Waals surface area contributed by atoms with Crippen molar-refractivity contribution < 1.29 is 14.3 Å². The minimum atomic E-state index is -0.950. The molecule has 0 fully saturated rings. The maximum Gasteiger partial charge on any atom is 0.176 e. The molecule has 3 heteroatoms. The summed E-state index contributed by atoms with van der Waals surface area (Å²) in [5, 5.41) is 0. The van der Waals surface area contributed by atoms with E-state index >= 15 is 0 Å². The molecule has 0 aromatic heterocycles. The smallest absolute Gasteiger partial charge is 0.176 e. The Morgan fingerprint density at radius 2 is 1.57 bits per heavy atom. The first kappa shape index (κ1) is 13.3. The number of rotatable bonds is 5. The molecule has 0 aromatic rings. The molecular weight excluding hydrogens is 180 g/mol. The van der Waals surface area contributed by atoms with Crippen LogP contribution < -0.4 is 0 Å². The largest absolute Gasteiger partial charge is 0.371 e. The Kier molecular flexibility index (Phi) is 4.01. The van der Waals surface area contributed by atoms with Gasteiger partial charge in [0.05, 0.1) is 5.41 Å². The van der Waals surface area contributed by atoms with Crippen molar-refractivity contribution in [1.82, 2.24) is 0 Å². The Morgan fingerprint density at radius 3 is 1.86 bits per heavy atom. The Balaban J connectivity index is 4.93. The molecular formula is C11H20O3. The molecule has 0 aliphatic heterocycles. The number of hydrogen-bond donors (Lipinski definition) is 0. The fraction of sp³-hybridized carbons (Fsp3) is 0.818. The number of ketones is 2. The van der Waals surface area contributed by atoms with E-state index in [4.69, 9.17) is 4.74 Å². The van der Waals surface area contributed by atoms with Gasteiger partial charge in [0.25, 0.3) is 0 Å². The second-order valence-electron chi connectivity index (χ2n) is 4.45. The van der Waals surface area contributed by atoms with E-state index in [9.17, 15) is 9.59 Å². The summed E-state index contributed by atoms with van der Waals surface area (Å²) in [7, 11) is 1.48. The molecule has 0 saturated carbocycles. The van der Waals surface area contributed by atoms with Crippen LogP contribution in [-0.4, -0.2) is 24.3 Å². The minimum Gasteiger partial charge on any atom is -0.371 e. The number of methoxy groups -OCH3 is 1. The summed E-state index contributed by atoms with van der Waals surface area (Å²) in [5.74, 6) is -0.216. The molecule has 0 aliphatic rings. The van der Waals surface area contributed by atoms with Gasteiger partial charge in [-0.1, -0.05) is 6.92 Å². The predicted molar refractivity (Wildman–Crippen MR) is 55.2 cm³/mol. The van der Waals surface area contributed by atoms with E-state index in [-0.39, 0.29) is 11.6 Å². The van der Waals surface area contributed by atoms with Crippen molar-refractivity contribution >= 4 is 11.6 Å². The van der Waals surface area contributed by atoms with Gasteiger partial charge in [-0.3, -0.25) is 9.59 Å². The van der Waals surface area contributed by atoms with Crippen LogP contribution in [0.2, 0.25) is 0 Å². The minimum absolute atomic E-state index is 0.0485. The average molecular weight is 200 g/mol. The zero-order valence-corrected chi connectivity index (χ0v) is 9.93. The first-order valence-corrected chi connectivity index (χ1v) is 4.83. The van der Waals surface area contributed by atoms with Crippen LogP contribution in [0, 0.1) is 5.41 Å². The number of hydrogen-bond acceptors (Lipinski definition) is 3. The number of Topliss-reactive ketones (excluding diaryl/α,β-unsaturated/α-hetero) is 2. The quantitative estimate of drug-likeness (QED) is 0.637. The lowest BCUT2D eigenvalue weighted by Crippen LogP contribution is -2.47. The predicted octanol–water partition coefficient (Wildman–Crippen LogP) is 1.99. The second kappa shape index (κ2) is 4.22. The lowest BCUT2D eigenvalue weighted by molar-refractivity contribution is -0.151. The third-order valence-corrected chi connectivity index (χ3v) is 2.64. The van der Waals surface area contributed by atoms with Crippen LogP contribution in [0.5, 0.6) is 0 Å². The Bertz CT molecular complexity index is 239. The highest BCUT2D eigenvalue weighted by Gasteiger charge is 2.43. The van der Waals surface area contributed by atoms with Crippen molar-refractivity contribution in [2.75, 3.05) is 7.11 Å². The van der Waals surface area contributed by atoms with Crippen LogP contribution in [0.1, 0.15) is 41.0 Å². The van der Waals surface area contributed by atoms with Gasteiger partial charge in [-0.15, -0.1) is 0 Å². The molecule has 0 radical (unpaired) electrons. The van der Waals surface area contributed by atoms with Gasteiger partial charge in [0, 0.05) is 13.5 Å². The van der Waals surface area contributed by atoms with Gasteiger partial charge >= 0.3 is 0 Å². The van der Waals surface area contributed by atoms with E-state index in [1.54, 1.807) is 34.6 Å². The third kappa shape index (κ3) is 2.41. The summed E-state index contributed by atoms with van der Waals surface area (Å²) in [5.41, 5.74) is -1.84. The summed E-state index contributed by atoms with van der Waals surface area (Å²) in [6.07, 6.45) is 0.374. The first-order valence-electron chi connectivity index (χ1n) is 4.83. The third-order valence-electron chi connectivity index (χ3n) is 2.64. The molecule has 0 N–H and O–H groups in total. The van der Waals surface area contributed by atoms with Gasteiger partial charge in [0.1, 0.15) is 11.4 Å². The lowest BCUT2D eigenvalue weighted by Gasteiger charge is -2.30. The molecule has 0 amide bonds. The van der Waals surface area contributed by atoms with Crippen molar-refractivity contribution in [3.05, 3.63) is 0 Å². The summed E-state index contributed by atoms with van der Waals surface area (Å²) in [6.45, 7) is 8.43. The summed E-state index contributed by atoms with van der Waals surface area (Å²) in [4.78, 5) is 23.5. The summed E-state index contributed by atoms with van der Waals surface area (Å²) < 4.78 is 5.08. The van der Waals surface area contributed by atoms with E-state index in [1.807, 2.05) is 0 Å². The zero-order valence-electron chi connectivity index (χ0n) is 9.93. The van der Waals surface area contributed by atoms with E-state index in [2.05, 4.69) is 0 Å². The second-order valence-corrected chi connectivity index (χ2v) is 4.45. The lowest BCUT2D eigenvalue weighted by atomic mass is 9.76. The Labute approximate surface area is 85.8 Å². The molecule has 0 saturated heterocycles. The molecule has 0 unspecified atom stereocenters. The van der Waals surface area contributed by atoms with Crippen molar-refractivity contribution in [3.8, 4) is 0 Å². The van der Waals surface area contributed by atoms with Gasteiger partial charge in [-0.2, -0.15) is 0 Å². The highest BCUT2D eigenvalue weighted by molar-refractivity contribution is 6.09. The van der Waals surface area contributed by atoms with Crippen LogP contribution in [0.3, 0.4) is 0 Å². The molecule has 0 spiro atoms. The van der Waals surface area contributed by atoms with Gasteiger partial charge in [-0.25, -0.2) is 0 Å². The molecule has 0 aliphatic carbocycles. The van der Waals surface area contributed by atoms with Crippen molar-refractivity contribution in [2.45, 2.75) is 46.6 Å². The maximum atomic E-state index is 12.0. The Hall–Kier alpha value is -0.700. The van der Waals surface area contributed by atoms with Crippen LogP contribution in [0.4, 0.5) is 0 Å². The summed E-state index contributed by atoms with van der Waals surface area (Å²) >= 11 is 0. The molecule has 14 heavy (non-hydrogen) atoms. The molecule has 82 valence electrons. The summed E-state index contributed by atoms with van der Waals surface area (Å²) in [6, 6.07) is 0. The fourth-order valence-corrected chi connectivity index (χ4v) is 1.41. The number of carbonyl (C=O) groups is 2. The topological polar surface area (TPSA) is 43.4 Å².